The fraction of sp³-hybridized carbons (Fsp3) is 0.381. The number of cyclic esters (lactones) is 1. The molecule has 1 atom stereocenters. The molecule has 3 aromatic rings. The van der Waals surface area contributed by atoms with Crippen molar-refractivity contribution in [2.24, 2.45) is 12.8 Å². The normalized spacial score (nSPS) is 18.2. The van der Waals surface area contributed by atoms with Crippen molar-refractivity contribution >= 4 is 11.8 Å². The molecular weight excluding hydrogens is 387 g/mol. The van der Waals surface area contributed by atoms with Crippen molar-refractivity contribution in [2.75, 3.05) is 18.0 Å². The highest BCUT2D eigenvalue weighted by Crippen LogP contribution is 2.39. The number of nitrogens with two attached hydrogens (primary N) is 1. The largest absolute Gasteiger partial charge is 0.443 e. The van der Waals surface area contributed by atoms with Crippen molar-refractivity contribution < 1.29 is 13.9 Å². The summed E-state index contributed by atoms with van der Waals surface area (Å²) in [5.74, 6) is -0.387. The standard InChI is InChI=1S/C21H23FN6O2/c1-11-6-17(26-27(11)2)19-15-5-3-4-12-7-13(28-10-14(9-23)30-21(28)29)8-16(22)18(12)20(15)25-24-19/h6-8,14H,3-5,9-10,23H2,1-2H3,(H,24,25). The third-order valence-corrected chi connectivity index (χ3v) is 5.95. The summed E-state index contributed by atoms with van der Waals surface area (Å²) < 4.78 is 22.4. The quantitative estimate of drug-likeness (QED) is 0.691. The SMILES string of the molecule is Cc1cc(-c2n[nH]c3c2CCCc2cc(N4CC(CN)OC4=O)cc(F)c2-3)nn1C. The molecule has 1 unspecified atom stereocenters. The number of aromatic amines is 1. The van der Waals surface area contributed by atoms with Gasteiger partial charge in [-0.1, -0.05) is 0 Å². The number of carbonyl (C=O) groups excluding carboxylic acids is 1. The van der Waals surface area contributed by atoms with E-state index in [1.165, 1.54) is 11.0 Å². The second-order valence-electron chi connectivity index (χ2n) is 7.89. The summed E-state index contributed by atoms with van der Waals surface area (Å²) in [6, 6.07) is 5.24. The Balaban J connectivity index is 1.58. The lowest BCUT2D eigenvalue weighted by Gasteiger charge is -2.17. The van der Waals surface area contributed by atoms with E-state index in [0.717, 1.165) is 41.1 Å². The first-order chi connectivity index (χ1) is 14.5. The monoisotopic (exact) mass is 410 g/mol. The lowest BCUT2D eigenvalue weighted by Crippen LogP contribution is -2.27. The lowest BCUT2D eigenvalue weighted by molar-refractivity contribution is 0.145. The summed E-state index contributed by atoms with van der Waals surface area (Å²) in [5, 5.41) is 12.0. The van der Waals surface area contributed by atoms with E-state index in [1.807, 2.05) is 26.1 Å². The Morgan fingerprint density at radius 3 is 2.87 bits per heavy atom. The molecule has 3 heterocycles. The average molecular weight is 410 g/mol. The van der Waals surface area contributed by atoms with Gasteiger partial charge in [0.2, 0.25) is 0 Å². The Labute approximate surface area is 172 Å². The van der Waals surface area contributed by atoms with Gasteiger partial charge in [-0.15, -0.1) is 0 Å². The molecule has 3 N–H and O–H groups in total. The second kappa shape index (κ2) is 6.94. The van der Waals surface area contributed by atoms with Crippen molar-refractivity contribution in [3.8, 4) is 22.6 Å². The van der Waals surface area contributed by atoms with Crippen molar-refractivity contribution in [3.05, 3.63) is 40.8 Å². The van der Waals surface area contributed by atoms with Gasteiger partial charge in [-0.2, -0.15) is 10.2 Å². The maximum Gasteiger partial charge on any atom is 0.414 e. The molecule has 8 nitrogen and oxygen atoms in total. The molecule has 1 amide bonds. The average Bonchev–Trinajstić information content (AvgIpc) is 3.35. The van der Waals surface area contributed by atoms with E-state index < -0.39 is 6.09 Å². The molecule has 1 aromatic carbocycles. The van der Waals surface area contributed by atoms with Crippen LogP contribution in [0.4, 0.5) is 14.9 Å². The van der Waals surface area contributed by atoms with Crippen molar-refractivity contribution in [1.82, 2.24) is 20.0 Å². The van der Waals surface area contributed by atoms with Crippen LogP contribution in [0.25, 0.3) is 22.6 Å². The summed E-state index contributed by atoms with van der Waals surface area (Å²) >= 11 is 0. The minimum Gasteiger partial charge on any atom is -0.443 e. The fourth-order valence-electron chi connectivity index (χ4n) is 4.29. The molecule has 2 aliphatic rings. The molecule has 0 spiro atoms. The number of fused-ring (bicyclic) bond motifs is 3. The maximum absolute atomic E-state index is 15.4. The first-order valence-electron chi connectivity index (χ1n) is 10.1. The van der Waals surface area contributed by atoms with E-state index in [0.29, 0.717) is 29.9 Å². The van der Waals surface area contributed by atoms with Crippen molar-refractivity contribution in [1.29, 1.82) is 0 Å². The van der Waals surface area contributed by atoms with Crippen molar-refractivity contribution in [3.63, 3.8) is 0 Å². The van der Waals surface area contributed by atoms with E-state index in [-0.39, 0.29) is 18.5 Å². The third-order valence-electron chi connectivity index (χ3n) is 5.95. The molecule has 1 aliphatic heterocycles. The predicted octanol–water partition coefficient (Wildman–Crippen LogP) is 2.70. The fourth-order valence-corrected chi connectivity index (χ4v) is 4.29. The number of hydrogen-bond acceptors (Lipinski definition) is 5. The van der Waals surface area contributed by atoms with Gasteiger partial charge in [0.25, 0.3) is 0 Å². The van der Waals surface area contributed by atoms with Crippen LogP contribution in [0.2, 0.25) is 0 Å². The molecule has 0 radical (unpaired) electrons. The number of carbonyl (C=O) groups is 1. The molecule has 2 aromatic heterocycles. The zero-order valence-corrected chi connectivity index (χ0v) is 16.9. The summed E-state index contributed by atoms with van der Waals surface area (Å²) in [4.78, 5) is 13.6. The predicted molar refractivity (Wildman–Crippen MR) is 110 cm³/mol. The number of hydrogen-bond donors (Lipinski definition) is 2. The molecule has 30 heavy (non-hydrogen) atoms. The van der Waals surface area contributed by atoms with Gasteiger partial charge in [0.1, 0.15) is 23.3 Å². The maximum atomic E-state index is 15.4. The lowest BCUT2D eigenvalue weighted by atomic mass is 9.99. The first-order valence-corrected chi connectivity index (χ1v) is 10.1. The van der Waals surface area contributed by atoms with Crippen molar-refractivity contribution in [2.45, 2.75) is 32.3 Å². The number of H-pyrrole nitrogens is 1. The van der Waals surface area contributed by atoms with Crippen LogP contribution in [-0.2, 0) is 24.6 Å². The van der Waals surface area contributed by atoms with Crippen LogP contribution in [0, 0.1) is 12.7 Å². The zero-order valence-electron chi connectivity index (χ0n) is 16.9. The highest BCUT2D eigenvalue weighted by Gasteiger charge is 2.33. The highest BCUT2D eigenvalue weighted by atomic mass is 19.1. The van der Waals surface area contributed by atoms with Gasteiger partial charge in [0.15, 0.2) is 0 Å². The Bertz CT molecular complexity index is 1130. The van der Waals surface area contributed by atoms with Crippen LogP contribution in [-0.4, -0.2) is 45.3 Å². The Hall–Kier alpha value is -3.20. The minimum absolute atomic E-state index is 0.239. The van der Waals surface area contributed by atoms with Gasteiger partial charge in [-0.25, -0.2) is 9.18 Å². The van der Waals surface area contributed by atoms with Gasteiger partial charge in [0, 0.05) is 30.4 Å². The number of aromatic nitrogens is 4. The summed E-state index contributed by atoms with van der Waals surface area (Å²) in [6.45, 7) is 2.55. The summed E-state index contributed by atoms with van der Waals surface area (Å²) in [5.41, 5.74) is 11.7. The number of nitrogens with one attached hydrogen (secondary N) is 1. The van der Waals surface area contributed by atoms with Crippen LogP contribution >= 0.6 is 0 Å². The van der Waals surface area contributed by atoms with E-state index in [4.69, 9.17) is 10.5 Å². The van der Waals surface area contributed by atoms with Gasteiger partial charge in [0.05, 0.1) is 17.9 Å². The number of aryl methyl sites for hydroxylation is 3. The molecule has 9 heteroatoms. The number of ether oxygens (including phenoxy) is 1. The van der Waals surface area contributed by atoms with Crippen LogP contribution in [0.3, 0.4) is 0 Å². The number of halogens is 1. The van der Waals surface area contributed by atoms with Gasteiger partial charge < -0.3 is 10.5 Å². The summed E-state index contributed by atoms with van der Waals surface area (Å²) in [7, 11) is 1.89. The topological polar surface area (TPSA) is 102 Å². The van der Waals surface area contributed by atoms with Crippen LogP contribution in [0.15, 0.2) is 18.2 Å². The van der Waals surface area contributed by atoms with E-state index in [9.17, 15) is 4.79 Å². The smallest absolute Gasteiger partial charge is 0.414 e. The first kappa shape index (κ1) is 18.8. The highest BCUT2D eigenvalue weighted by molar-refractivity contribution is 5.91. The molecule has 0 bridgehead atoms. The molecule has 1 aliphatic carbocycles. The number of anilines is 1. The van der Waals surface area contributed by atoms with E-state index in [1.54, 1.807) is 4.68 Å². The number of rotatable bonds is 3. The van der Waals surface area contributed by atoms with Gasteiger partial charge in [-0.05, 0) is 49.9 Å². The third kappa shape index (κ3) is 2.88. The van der Waals surface area contributed by atoms with E-state index in [2.05, 4.69) is 15.3 Å². The molecular formula is C21H23FN6O2. The number of nitrogens with zero attached hydrogens (tertiary/aromatic N) is 4. The molecule has 1 saturated heterocycles. The van der Waals surface area contributed by atoms with E-state index >= 15 is 4.39 Å². The zero-order chi connectivity index (χ0) is 21.0. The Morgan fingerprint density at radius 1 is 1.33 bits per heavy atom. The van der Waals surface area contributed by atoms with Gasteiger partial charge >= 0.3 is 6.09 Å². The van der Waals surface area contributed by atoms with Crippen LogP contribution in [0.1, 0.15) is 23.2 Å². The Kier molecular flexibility index (Phi) is 4.35. The van der Waals surface area contributed by atoms with Gasteiger partial charge in [-0.3, -0.25) is 14.7 Å². The Morgan fingerprint density at radius 2 is 2.17 bits per heavy atom. The molecule has 156 valence electrons. The second-order valence-corrected chi connectivity index (χ2v) is 7.89. The summed E-state index contributed by atoms with van der Waals surface area (Å²) in [6.07, 6.45) is 1.45. The molecule has 1 fully saturated rings. The molecule has 5 rings (SSSR count). The minimum atomic E-state index is -0.492. The number of amides is 1. The van der Waals surface area contributed by atoms with Crippen LogP contribution < -0.4 is 10.6 Å². The van der Waals surface area contributed by atoms with Crippen LogP contribution in [0.5, 0.6) is 0 Å². The molecule has 0 saturated carbocycles. The number of benzene rings is 1.